The molecular weight excluding hydrogens is 970 g/mol. The molecule has 1 aromatic carbocycles. The highest BCUT2D eigenvalue weighted by atomic mass is 28.3. The molecule has 0 saturated carbocycles. The lowest BCUT2D eigenvalue weighted by Crippen LogP contribution is -2.36. The van der Waals surface area contributed by atoms with Crippen molar-refractivity contribution >= 4 is 32.0 Å². The molecular formula is C63H121F3O8Si. The van der Waals surface area contributed by atoms with Crippen LogP contribution in [0.4, 0.5) is 13.2 Å². The van der Waals surface area contributed by atoms with Crippen LogP contribution in [0, 0.1) is 33.0 Å². The Balaban J connectivity index is -0.000000265. The number of hydrogen-bond acceptors (Lipinski definition) is 7. The van der Waals surface area contributed by atoms with E-state index in [0.29, 0.717) is 36.2 Å². The summed E-state index contributed by atoms with van der Waals surface area (Å²) in [6.07, 6.45) is 3.45. The summed E-state index contributed by atoms with van der Waals surface area (Å²) in [5.41, 5.74) is 1.55. The average Bonchev–Trinajstić information content (AvgIpc) is 3.28. The maximum absolute atomic E-state index is 12.0. The van der Waals surface area contributed by atoms with Crippen molar-refractivity contribution in [3.05, 3.63) is 35.4 Å². The van der Waals surface area contributed by atoms with Gasteiger partial charge in [0.15, 0.2) is 6.10 Å². The minimum atomic E-state index is -4.49. The Kier molecular flexibility index (Phi) is 37.6. The summed E-state index contributed by atoms with van der Waals surface area (Å²) in [7, 11) is -0.814. The summed E-state index contributed by atoms with van der Waals surface area (Å²) in [4.78, 5) is 44.7. The first kappa shape index (κ1) is 81.0. The van der Waals surface area contributed by atoms with Crippen molar-refractivity contribution in [2.45, 2.75) is 306 Å². The predicted octanol–water partition coefficient (Wildman–Crippen LogP) is 19.8. The molecule has 0 bridgehead atoms. The number of benzene rings is 1. The van der Waals surface area contributed by atoms with Gasteiger partial charge in [-0.25, -0.2) is 0 Å². The van der Waals surface area contributed by atoms with Crippen molar-refractivity contribution in [2.24, 2.45) is 33.0 Å². The van der Waals surface area contributed by atoms with Gasteiger partial charge < -0.3 is 19.3 Å². The minimum absolute atomic E-state index is 0.0510. The van der Waals surface area contributed by atoms with Crippen molar-refractivity contribution in [3.8, 4) is 0 Å². The molecule has 12 heteroatoms. The van der Waals surface area contributed by atoms with Crippen molar-refractivity contribution in [1.29, 1.82) is 0 Å². The molecule has 0 amide bonds. The van der Waals surface area contributed by atoms with E-state index in [1.54, 1.807) is 34.6 Å². The Morgan fingerprint density at radius 1 is 0.560 bits per heavy atom. The molecule has 2 unspecified atom stereocenters. The topological polar surface area (TPSA) is 116 Å². The van der Waals surface area contributed by atoms with Gasteiger partial charge >= 0.3 is 30.1 Å². The van der Waals surface area contributed by atoms with Crippen LogP contribution >= 0.6 is 0 Å². The fourth-order valence-corrected chi connectivity index (χ4v) is 8.98. The van der Waals surface area contributed by atoms with E-state index >= 15 is 0 Å². The second-order valence-electron chi connectivity index (χ2n) is 27.7. The van der Waals surface area contributed by atoms with Gasteiger partial charge in [-0.05, 0) is 155 Å². The molecule has 0 aliphatic heterocycles. The van der Waals surface area contributed by atoms with Gasteiger partial charge in [-0.3, -0.25) is 19.2 Å². The zero-order valence-corrected chi connectivity index (χ0v) is 55.4. The van der Waals surface area contributed by atoms with Crippen LogP contribution in [-0.2, 0) is 44.2 Å². The molecule has 0 fully saturated rings. The van der Waals surface area contributed by atoms with E-state index in [1.807, 2.05) is 69.2 Å². The molecule has 0 aliphatic carbocycles. The fourth-order valence-electron chi connectivity index (χ4n) is 5.86. The second-order valence-corrected chi connectivity index (χ2v) is 33.2. The standard InChI is InChI=1S/C15H24.C14H28O2.C10H20O2.C9H15F3O2.C9H22Si.C6H12O2/c1-7-15(5,6)13-10-8-12(9-11-13)14(2,3)4;1-6-9-10-12(7-2)11-16-13(15)14(4,5)8-3;1-7-10(5,6)8(11)12-9(2,3)4;1-5-8(3,4)7(13)14-6(2)9(10,11)12;1-7-9(2,3)8-10(4,5)6;1-4-6(2,3)5(7)8/h8-11H,7H2,1-6H3;12H,6-11H2,1-5H3;7H2,1-6H3;6H,5H2,1-4H3;7-8H2,1-6H3;4H2,1-3H3,(H,7,8). The predicted molar refractivity (Wildman–Crippen MR) is 316 cm³/mol. The third-order valence-electron chi connectivity index (χ3n) is 14.3. The molecule has 75 heavy (non-hydrogen) atoms. The summed E-state index contributed by atoms with van der Waals surface area (Å²) in [5, 5.41) is 8.44. The summed E-state index contributed by atoms with van der Waals surface area (Å²) < 4.78 is 51.0. The lowest BCUT2D eigenvalue weighted by molar-refractivity contribution is -0.221. The molecule has 0 radical (unpaired) electrons. The van der Waals surface area contributed by atoms with Crippen LogP contribution in [-0.4, -0.2) is 61.5 Å². The Morgan fingerprint density at radius 3 is 1.21 bits per heavy atom. The van der Waals surface area contributed by atoms with Crippen LogP contribution in [0.1, 0.15) is 262 Å². The summed E-state index contributed by atoms with van der Waals surface area (Å²) in [6, 6.07) is 10.6. The van der Waals surface area contributed by atoms with E-state index in [9.17, 15) is 32.3 Å². The van der Waals surface area contributed by atoms with Crippen LogP contribution in [0.15, 0.2) is 24.3 Å². The number of unbranched alkanes of at least 4 members (excludes halogenated alkanes) is 1. The van der Waals surface area contributed by atoms with Gasteiger partial charge in [-0.2, -0.15) is 13.2 Å². The summed E-state index contributed by atoms with van der Waals surface area (Å²) in [5.74, 6) is -1.16. The van der Waals surface area contributed by atoms with Gasteiger partial charge in [0.1, 0.15) is 5.60 Å². The first-order chi connectivity index (χ1) is 33.3. The van der Waals surface area contributed by atoms with Gasteiger partial charge in [-0.15, -0.1) is 0 Å². The molecule has 1 N–H and O–H groups in total. The highest BCUT2D eigenvalue weighted by Gasteiger charge is 2.41. The third-order valence-corrected chi connectivity index (χ3v) is 16.3. The zero-order valence-electron chi connectivity index (χ0n) is 54.4. The summed E-state index contributed by atoms with van der Waals surface area (Å²) >= 11 is 0. The SMILES string of the molecule is CCC(C)(C)C(=O)O.CCC(C)(C)C(=O)OC(C)(C)C.CCC(C)(C)C(=O)OC(C)C(F)(F)F.CCC(C)(C)C[Si](C)(C)C.CCC(C)(C)c1ccc(C(C)(C)C)cc1.CCCCC(CC)COC(=O)C(C)(C)CC. The molecule has 446 valence electrons. The Bertz CT molecular complexity index is 1720. The number of rotatable bonds is 20. The van der Waals surface area contributed by atoms with E-state index in [0.717, 1.165) is 26.2 Å². The number of carboxylic acids is 1. The lowest BCUT2D eigenvalue weighted by atomic mass is 9.80. The number of carbonyl (C=O) groups is 4. The number of carboxylic acid groups (broad SMARTS) is 1. The second kappa shape index (κ2) is 34.9. The molecule has 1 aromatic rings. The van der Waals surface area contributed by atoms with Gasteiger partial charge in [0, 0.05) is 8.07 Å². The number of halogens is 3. The molecule has 0 spiro atoms. The van der Waals surface area contributed by atoms with Crippen LogP contribution in [0.3, 0.4) is 0 Å². The van der Waals surface area contributed by atoms with Crippen molar-refractivity contribution < 1.29 is 51.7 Å². The smallest absolute Gasteiger partial charge is 0.425 e. The summed E-state index contributed by atoms with van der Waals surface area (Å²) in [6.45, 7) is 61.3. The van der Waals surface area contributed by atoms with E-state index < -0.39 is 43.1 Å². The monoisotopic (exact) mass is 1090 g/mol. The number of ether oxygens (including phenoxy) is 3. The van der Waals surface area contributed by atoms with E-state index in [2.05, 4.69) is 125 Å². The van der Waals surface area contributed by atoms with E-state index in [-0.39, 0.29) is 33.8 Å². The zero-order chi connectivity index (χ0) is 61.1. The third kappa shape index (κ3) is 39.2. The molecule has 1 rings (SSSR count). The lowest BCUT2D eigenvalue weighted by Gasteiger charge is -2.29. The van der Waals surface area contributed by atoms with Crippen LogP contribution in [0.5, 0.6) is 0 Å². The number of hydrogen-bond donors (Lipinski definition) is 1. The quantitative estimate of drug-likeness (QED) is 0.0780. The first-order valence-electron chi connectivity index (χ1n) is 28.3. The van der Waals surface area contributed by atoms with Gasteiger partial charge in [0.25, 0.3) is 0 Å². The van der Waals surface area contributed by atoms with Crippen molar-refractivity contribution in [2.75, 3.05) is 6.61 Å². The number of alkyl halides is 3. The minimum Gasteiger partial charge on any atom is -0.481 e. The first-order valence-corrected chi connectivity index (χ1v) is 32.1. The Morgan fingerprint density at radius 2 is 0.947 bits per heavy atom. The maximum atomic E-state index is 12.0. The molecule has 0 heterocycles. The average molecular weight is 1090 g/mol. The van der Waals surface area contributed by atoms with Crippen molar-refractivity contribution in [3.63, 3.8) is 0 Å². The van der Waals surface area contributed by atoms with Crippen LogP contribution < -0.4 is 0 Å². The van der Waals surface area contributed by atoms with Gasteiger partial charge in [-0.1, -0.05) is 179 Å². The molecule has 2 atom stereocenters. The highest BCUT2D eigenvalue weighted by Crippen LogP contribution is 2.33. The van der Waals surface area contributed by atoms with E-state index in [1.165, 1.54) is 49.3 Å². The van der Waals surface area contributed by atoms with Crippen LogP contribution in [0.25, 0.3) is 0 Å². The molecule has 0 saturated heterocycles. The molecule has 0 aromatic heterocycles. The molecule has 0 aliphatic rings. The van der Waals surface area contributed by atoms with Gasteiger partial charge in [0.2, 0.25) is 0 Å². The van der Waals surface area contributed by atoms with Crippen molar-refractivity contribution in [1.82, 2.24) is 0 Å². The van der Waals surface area contributed by atoms with E-state index in [4.69, 9.17) is 14.6 Å². The highest BCUT2D eigenvalue weighted by molar-refractivity contribution is 6.76. The maximum Gasteiger partial charge on any atom is 0.425 e. The molecule has 8 nitrogen and oxygen atoms in total. The normalized spacial score (nSPS) is 13.4. The Labute approximate surface area is 462 Å². The largest absolute Gasteiger partial charge is 0.481 e. The number of carbonyl (C=O) groups excluding carboxylic acids is 3. The van der Waals surface area contributed by atoms with Gasteiger partial charge in [0.05, 0.1) is 28.3 Å². The van der Waals surface area contributed by atoms with Crippen LogP contribution in [0.2, 0.25) is 25.7 Å². The number of esters is 3. The number of aliphatic carboxylic acids is 1. The Hall–Kier alpha value is -2.89. The fraction of sp³-hybridized carbons (Fsp3) is 0.841.